The van der Waals surface area contributed by atoms with Crippen molar-refractivity contribution in [3.63, 3.8) is 0 Å². The summed E-state index contributed by atoms with van der Waals surface area (Å²) in [6.07, 6.45) is 12.0. The Hall–Kier alpha value is -2.43. The van der Waals surface area contributed by atoms with Crippen molar-refractivity contribution in [2.75, 3.05) is 0 Å². The number of hydrogen-bond acceptors (Lipinski definition) is 3. The molecule has 130 valence electrons. The van der Waals surface area contributed by atoms with Crippen LogP contribution >= 0.6 is 0 Å². The van der Waals surface area contributed by atoms with Crippen molar-refractivity contribution in [1.82, 2.24) is 4.57 Å². The maximum absolute atomic E-state index is 13.3. The fraction of sp³-hybridized carbons (Fsp3) is 0.450. The first-order chi connectivity index (χ1) is 12.0. The number of nitrogens with zero attached hydrogens (tertiary/aromatic N) is 1. The number of rotatable bonds is 3. The minimum atomic E-state index is -0.590. The summed E-state index contributed by atoms with van der Waals surface area (Å²) in [6.45, 7) is 2.05. The van der Waals surface area contributed by atoms with Gasteiger partial charge in [0.1, 0.15) is 0 Å². The molecule has 2 N–H and O–H groups in total. The summed E-state index contributed by atoms with van der Waals surface area (Å²) in [5, 5.41) is 0. The van der Waals surface area contributed by atoms with E-state index in [4.69, 9.17) is 5.73 Å². The van der Waals surface area contributed by atoms with Gasteiger partial charge < -0.3 is 5.73 Å². The molecule has 0 bridgehead atoms. The van der Waals surface area contributed by atoms with E-state index in [0.29, 0.717) is 17.5 Å². The van der Waals surface area contributed by atoms with Crippen LogP contribution < -0.4 is 5.73 Å². The molecule has 4 rings (SSSR count). The van der Waals surface area contributed by atoms with Gasteiger partial charge in [0.2, 0.25) is 0 Å². The number of ketones is 1. The molecule has 4 atom stereocenters. The fourth-order valence-electron chi connectivity index (χ4n) is 4.80. The lowest BCUT2D eigenvalue weighted by molar-refractivity contribution is -0.123. The summed E-state index contributed by atoms with van der Waals surface area (Å²) in [7, 11) is 0. The van der Waals surface area contributed by atoms with Crippen molar-refractivity contribution >= 4 is 23.7 Å². The molecule has 5 heteroatoms. The zero-order chi connectivity index (χ0) is 17.7. The molecule has 0 spiro atoms. The number of Topliss-reactive ketones (excluding diaryl/α,β-unsaturated/α-hetero) is 1. The quantitative estimate of drug-likeness (QED) is 0.679. The number of aromatic nitrogens is 1. The van der Waals surface area contributed by atoms with Crippen LogP contribution in [0.5, 0.6) is 0 Å². The molecule has 25 heavy (non-hydrogen) atoms. The summed E-state index contributed by atoms with van der Waals surface area (Å²) in [6, 6.07) is 1.52. The van der Waals surface area contributed by atoms with Crippen LogP contribution in [0, 0.1) is 23.7 Å². The molecule has 1 aromatic rings. The largest absolute Gasteiger partial charge is 0.366 e. The number of fused-ring (bicyclic) bond motifs is 2. The van der Waals surface area contributed by atoms with Gasteiger partial charge in [-0.1, -0.05) is 31.9 Å². The summed E-state index contributed by atoms with van der Waals surface area (Å²) in [4.78, 5) is 37.5. The molecular weight excluding hydrogens is 316 g/mol. The molecule has 1 fully saturated rings. The Labute approximate surface area is 146 Å². The molecule has 1 saturated carbocycles. The lowest BCUT2D eigenvalue weighted by Crippen LogP contribution is -2.39. The van der Waals surface area contributed by atoms with E-state index in [1.54, 1.807) is 6.08 Å². The molecule has 1 amide bonds. The van der Waals surface area contributed by atoms with Crippen LogP contribution in [-0.4, -0.2) is 22.2 Å². The van der Waals surface area contributed by atoms with Gasteiger partial charge in [0, 0.05) is 12.1 Å². The number of amides is 1. The highest BCUT2D eigenvalue weighted by molar-refractivity contribution is 6.27. The number of allylic oxidation sites excluding steroid dienone is 3. The molecule has 0 radical (unpaired) electrons. The van der Waals surface area contributed by atoms with Gasteiger partial charge in [-0.25, -0.2) is 0 Å². The molecule has 1 unspecified atom stereocenters. The average molecular weight is 338 g/mol. The van der Waals surface area contributed by atoms with Gasteiger partial charge in [0.15, 0.2) is 5.78 Å². The molecule has 3 aliphatic rings. The lowest BCUT2D eigenvalue weighted by Gasteiger charge is -2.40. The van der Waals surface area contributed by atoms with Crippen LogP contribution in [0.1, 0.15) is 53.5 Å². The van der Waals surface area contributed by atoms with Gasteiger partial charge >= 0.3 is 0 Å². The highest BCUT2D eigenvalue weighted by Gasteiger charge is 2.43. The monoisotopic (exact) mass is 338 g/mol. The van der Waals surface area contributed by atoms with Gasteiger partial charge in [0.05, 0.1) is 16.8 Å². The normalized spacial score (nSPS) is 30.6. The highest BCUT2D eigenvalue weighted by atomic mass is 16.2. The maximum Gasteiger partial charge on any atom is 0.266 e. The van der Waals surface area contributed by atoms with E-state index in [-0.39, 0.29) is 34.7 Å². The topological polar surface area (TPSA) is 82.2 Å². The van der Waals surface area contributed by atoms with E-state index in [9.17, 15) is 14.4 Å². The predicted octanol–water partition coefficient (Wildman–Crippen LogP) is 2.82. The maximum atomic E-state index is 13.3. The number of nitrogens with two attached hydrogens (primary N) is 1. The standard InChI is InChI=1S/C20H22N2O3/c1-11-6-7-12-4-2-3-5-13(12)17(11)18(23)15-10-16-14(19(21)24)8-9-22(16)20(15)25/h6-13,17H,2-5H2,1H3,(H2,21,24)/t11-,12+,13-,17?/m0/s1. The second kappa shape index (κ2) is 5.83. The van der Waals surface area contributed by atoms with Crippen molar-refractivity contribution in [3.05, 3.63) is 41.2 Å². The van der Waals surface area contributed by atoms with Gasteiger partial charge in [-0.3, -0.25) is 19.0 Å². The van der Waals surface area contributed by atoms with Gasteiger partial charge in [-0.05, 0) is 42.7 Å². The van der Waals surface area contributed by atoms with E-state index in [1.165, 1.54) is 23.3 Å². The zero-order valence-electron chi connectivity index (χ0n) is 14.3. The Morgan fingerprint density at radius 3 is 2.72 bits per heavy atom. The first-order valence-corrected chi connectivity index (χ1v) is 8.99. The fourth-order valence-corrected chi connectivity index (χ4v) is 4.80. The summed E-state index contributed by atoms with van der Waals surface area (Å²) >= 11 is 0. The molecule has 1 aromatic heterocycles. The molecule has 2 heterocycles. The van der Waals surface area contributed by atoms with Crippen LogP contribution in [-0.2, 0) is 4.79 Å². The van der Waals surface area contributed by atoms with Gasteiger partial charge in [-0.2, -0.15) is 0 Å². The van der Waals surface area contributed by atoms with Crippen molar-refractivity contribution in [1.29, 1.82) is 0 Å². The second-order valence-corrected chi connectivity index (χ2v) is 7.46. The van der Waals surface area contributed by atoms with E-state index in [2.05, 4.69) is 19.1 Å². The highest BCUT2D eigenvalue weighted by Crippen LogP contribution is 2.44. The Bertz CT molecular complexity index is 830. The Kier molecular flexibility index (Phi) is 3.74. The van der Waals surface area contributed by atoms with Gasteiger partial charge in [0.25, 0.3) is 11.8 Å². The lowest BCUT2D eigenvalue weighted by atomic mass is 9.63. The van der Waals surface area contributed by atoms with Crippen LogP contribution in [0.3, 0.4) is 0 Å². The molecule has 1 aliphatic heterocycles. The molecule has 0 aromatic carbocycles. The minimum Gasteiger partial charge on any atom is -0.366 e. The molecular formula is C20H22N2O3. The van der Waals surface area contributed by atoms with Crippen molar-refractivity contribution in [3.8, 4) is 0 Å². The van der Waals surface area contributed by atoms with Crippen LogP contribution in [0.2, 0.25) is 0 Å². The smallest absolute Gasteiger partial charge is 0.266 e. The zero-order valence-corrected chi connectivity index (χ0v) is 14.3. The van der Waals surface area contributed by atoms with E-state index in [0.717, 1.165) is 19.3 Å². The minimum absolute atomic E-state index is 0.0853. The molecule has 0 saturated heterocycles. The van der Waals surface area contributed by atoms with Crippen LogP contribution in [0.15, 0.2) is 30.0 Å². The first-order valence-electron chi connectivity index (χ1n) is 8.99. The van der Waals surface area contributed by atoms with Crippen molar-refractivity contribution < 1.29 is 14.4 Å². The van der Waals surface area contributed by atoms with E-state index >= 15 is 0 Å². The van der Waals surface area contributed by atoms with Gasteiger partial charge in [-0.15, -0.1) is 0 Å². The van der Waals surface area contributed by atoms with E-state index in [1.807, 2.05) is 0 Å². The van der Waals surface area contributed by atoms with Crippen LogP contribution in [0.4, 0.5) is 0 Å². The Morgan fingerprint density at radius 2 is 1.96 bits per heavy atom. The third kappa shape index (κ3) is 2.41. The summed E-state index contributed by atoms with van der Waals surface area (Å²) in [5.74, 6) is -0.308. The third-order valence-electron chi connectivity index (χ3n) is 6.05. The first kappa shape index (κ1) is 16.1. The second-order valence-electron chi connectivity index (χ2n) is 7.46. The predicted molar refractivity (Wildman–Crippen MR) is 93.8 cm³/mol. The van der Waals surface area contributed by atoms with E-state index < -0.39 is 5.91 Å². The molecule has 2 aliphatic carbocycles. The SMILES string of the molecule is C[C@H]1C=C[C@H]2CCCC[C@@H]2C1C(=O)C1=Cc2c(C(N)=O)ccn2C1=O. The number of hydrogen-bond donors (Lipinski definition) is 1. The Morgan fingerprint density at radius 1 is 1.20 bits per heavy atom. The Balaban J connectivity index is 1.69. The number of carbonyl (C=O) groups is 3. The number of primary amides is 1. The molecule has 5 nitrogen and oxygen atoms in total. The van der Waals surface area contributed by atoms with Crippen LogP contribution in [0.25, 0.3) is 6.08 Å². The van der Waals surface area contributed by atoms with Crippen molar-refractivity contribution in [2.45, 2.75) is 32.6 Å². The number of carbonyl (C=O) groups excluding carboxylic acids is 3. The average Bonchev–Trinajstić information content (AvgIpc) is 3.15. The summed E-state index contributed by atoms with van der Waals surface area (Å²) < 4.78 is 1.36. The van der Waals surface area contributed by atoms with Crippen molar-refractivity contribution in [2.24, 2.45) is 29.4 Å². The summed E-state index contributed by atoms with van der Waals surface area (Å²) in [5.41, 5.74) is 6.26. The third-order valence-corrected chi connectivity index (χ3v) is 6.05.